The molecule has 2 heteroatoms. The Morgan fingerprint density at radius 2 is 1.75 bits per heavy atom. The van der Waals surface area contributed by atoms with E-state index in [9.17, 15) is 5.11 Å². The van der Waals surface area contributed by atoms with Gasteiger partial charge in [-0.1, -0.05) is 49.6 Å². The number of hydrogen-bond acceptors (Lipinski definition) is 2. The summed E-state index contributed by atoms with van der Waals surface area (Å²) in [5.74, 6) is 1.14. The molecule has 2 fully saturated rings. The molecule has 0 heterocycles. The van der Waals surface area contributed by atoms with Crippen molar-refractivity contribution < 1.29 is 5.11 Å². The van der Waals surface area contributed by atoms with E-state index in [1.807, 2.05) is 0 Å². The molecule has 4 unspecified atom stereocenters. The first-order valence-electron chi connectivity index (χ1n) is 8.31. The summed E-state index contributed by atoms with van der Waals surface area (Å²) in [5, 5.41) is 13.7. The van der Waals surface area contributed by atoms with Crippen LogP contribution in [-0.4, -0.2) is 23.8 Å². The smallest absolute Gasteiger partial charge is 0.0580 e. The lowest BCUT2D eigenvalue weighted by molar-refractivity contribution is 0.127. The Hall–Kier alpha value is -0.860. The number of benzene rings is 1. The summed E-state index contributed by atoms with van der Waals surface area (Å²) in [6.07, 6.45) is 8.59. The van der Waals surface area contributed by atoms with Crippen LogP contribution in [0, 0.1) is 5.92 Å². The van der Waals surface area contributed by atoms with Gasteiger partial charge in [0.05, 0.1) is 6.10 Å². The van der Waals surface area contributed by atoms with Crippen molar-refractivity contribution in [3.63, 3.8) is 0 Å². The van der Waals surface area contributed by atoms with Gasteiger partial charge in [-0.15, -0.1) is 0 Å². The summed E-state index contributed by atoms with van der Waals surface area (Å²) in [6.45, 7) is 0.995. The van der Waals surface area contributed by atoms with Crippen LogP contribution in [0.1, 0.15) is 56.4 Å². The second kappa shape index (κ2) is 6.73. The molecule has 0 bridgehead atoms. The summed E-state index contributed by atoms with van der Waals surface area (Å²) >= 11 is 0. The van der Waals surface area contributed by atoms with Crippen LogP contribution in [0.2, 0.25) is 0 Å². The summed E-state index contributed by atoms with van der Waals surface area (Å²) in [7, 11) is 0. The average Bonchev–Trinajstić information content (AvgIpc) is 2.92. The van der Waals surface area contributed by atoms with Gasteiger partial charge in [-0.2, -0.15) is 0 Å². The van der Waals surface area contributed by atoms with E-state index in [1.54, 1.807) is 0 Å². The van der Waals surface area contributed by atoms with E-state index in [0.717, 1.165) is 13.0 Å². The average molecular weight is 273 g/mol. The zero-order chi connectivity index (χ0) is 13.8. The molecule has 0 aliphatic heterocycles. The maximum absolute atomic E-state index is 9.96. The Balaban J connectivity index is 1.61. The fourth-order valence-electron chi connectivity index (χ4n) is 4.03. The first-order valence-corrected chi connectivity index (χ1v) is 8.31. The third kappa shape index (κ3) is 3.24. The number of aliphatic hydroxyl groups is 1. The van der Waals surface area contributed by atoms with E-state index in [0.29, 0.717) is 17.9 Å². The second-order valence-corrected chi connectivity index (χ2v) is 6.57. The van der Waals surface area contributed by atoms with Crippen molar-refractivity contribution in [2.75, 3.05) is 6.54 Å². The van der Waals surface area contributed by atoms with Gasteiger partial charge in [0.2, 0.25) is 0 Å². The van der Waals surface area contributed by atoms with Crippen LogP contribution in [0.5, 0.6) is 0 Å². The molecule has 4 atom stereocenters. The standard InChI is InChI=1S/C18H27NO/c20-18-12-6-9-15(18)13-19-17-11-5-4-10-16(17)14-7-2-1-3-8-14/h1-3,7-8,15-20H,4-6,9-13H2. The summed E-state index contributed by atoms with van der Waals surface area (Å²) in [4.78, 5) is 0. The van der Waals surface area contributed by atoms with Gasteiger partial charge in [-0.25, -0.2) is 0 Å². The molecule has 20 heavy (non-hydrogen) atoms. The third-order valence-corrected chi connectivity index (χ3v) is 5.25. The molecule has 0 aromatic heterocycles. The lowest BCUT2D eigenvalue weighted by Crippen LogP contribution is -2.41. The SMILES string of the molecule is OC1CCCC1CNC1CCCCC1c1ccccc1. The first kappa shape index (κ1) is 14.1. The number of aliphatic hydroxyl groups excluding tert-OH is 1. The van der Waals surface area contributed by atoms with Crippen molar-refractivity contribution in [3.8, 4) is 0 Å². The predicted octanol–water partition coefficient (Wildman–Crippen LogP) is 3.46. The fraction of sp³-hybridized carbons (Fsp3) is 0.667. The van der Waals surface area contributed by atoms with Crippen LogP contribution in [0.15, 0.2) is 30.3 Å². The lowest BCUT2D eigenvalue weighted by Gasteiger charge is -2.34. The van der Waals surface area contributed by atoms with E-state index in [1.165, 1.54) is 44.1 Å². The third-order valence-electron chi connectivity index (χ3n) is 5.25. The van der Waals surface area contributed by atoms with Crippen LogP contribution in [-0.2, 0) is 0 Å². The van der Waals surface area contributed by atoms with Gasteiger partial charge >= 0.3 is 0 Å². The molecule has 2 saturated carbocycles. The molecule has 1 aromatic rings. The zero-order valence-corrected chi connectivity index (χ0v) is 12.3. The van der Waals surface area contributed by atoms with Gasteiger partial charge in [0.15, 0.2) is 0 Å². The van der Waals surface area contributed by atoms with Crippen LogP contribution in [0.4, 0.5) is 0 Å². The molecule has 2 aliphatic carbocycles. The predicted molar refractivity (Wildman–Crippen MR) is 82.8 cm³/mol. The summed E-state index contributed by atoms with van der Waals surface area (Å²) < 4.78 is 0. The van der Waals surface area contributed by atoms with E-state index < -0.39 is 0 Å². The van der Waals surface area contributed by atoms with Crippen LogP contribution in [0.3, 0.4) is 0 Å². The minimum atomic E-state index is -0.0683. The molecule has 0 amide bonds. The quantitative estimate of drug-likeness (QED) is 0.880. The van der Waals surface area contributed by atoms with E-state index in [4.69, 9.17) is 0 Å². The molecule has 2 N–H and O–H groups in total. The van der Waals surface area contributed by atoms with Gasteiger partial charge in [-0.05, 0) is 43.1 Å². The number of nitrogens with one attached hydrogen (secondary N) is 1. The van der Waals surface area contributed by atoms with E-state index in [2.05, 4.69) is 35.6 Å². The highest BCUT2D eigenvalue weighted by atomic mass is 16.3. The van der Waals surface area contributed by atoms with Crippen LogP contribution < -0.4 is 5.32 Å². The largest absolute Gasteiger partial charge is 0.393 e. The van der Waals surface area contributed by atoms with Gasteiger partial charge in [0.25, 0.3) is 0 Å². The van der Waals surface area contributed by atoms with Gasteiger partial charge in [0.1, 0.15) is 0 Å². The highest BCUT2D eigenvalue weighted by Gasteiger charge is 2.29. The first-order chi connectivity index (χ1) is 9.84. The van der Waals surface area contributed by atoms with Crippen molar-refractivity contribution in [1.82, 2.24) is 5.32 Å². The number of rotatable bonds is 4. The summed E-state index contributed by atoms with van der Waals surface area (Å²) in [5.41, 5.74) is 1.48. The minimum Gasteiger partial charge on any atom is -0.393 e. The molecule has 1 aromatic carbocycles. The molecule has 2 aliphatic rings. The van der Waals surface area contributed by atoms with Crippen LogP contribution in [0.25, 0.3) is 0 Å². The Bertz CT molecular complexity index is 405. The van der Waals surface area contributed by atoms with E-state index in [-0.39, 0.29) is 6.10 Å². The summed E-state index contributed by atoms with van der Waals surface area (Å²) in [6, 6.07) is 11.6. The topological polar surface area (TPSA) is 32.3 Å². The minimum absolute atomic E-state index is 0.0683. The molecular weight excluding hydrogens is 246 g/mol. The Kier molecular flexibility index (Phi) is 4.74. The highest BCUT2D eigenvalue weighted by Crippen LogP contribution is 2.33. The lowest BCUT2D eigenvalue weighted by atomic mass is 9.80. The van der Waals surface area contributed by atoms with Crippen LogP contribution >= 0.6 is 0 Å². The normalized spacial score (nSPS) is 34.2. The van der Waals surface area contributed by atoms with Crippen molar-refractivity contribution >= 4 is 0 Å². The van der Waals surface area contributed by atoms with Gasteiger partial charge in [-0.3, -0.25) is 0 Å². The van der Waals surface area contributed by atoms with Crippen molar-refractivity contribution in [1.29, 1.82) is 0 Å². The van der Waals surface area contributed by atoms with Crippen molar-refractivity contribution in [3.05, 3.63) is 35.9 Å². The van der Waals surface area contributed by atoms with Gasteiger partial charge < -0.3 is 10.4 Å². The van der Waals surface area contributed by atoms with Gasteiger partial charge in [0, 0.05) is 12.6 Å². The Morgan fingerprint density at radius 3 is 2.50 bits per heavy atom. The molecule has 3 rings (SSSR count). The molecule has 0 saturated heterocycles. The molecular formula is C18H27NO. The Morgan fingerprint density at radius 1 is 0.950 bits per heavy atom. The maximum atomic E-state index is 9.96. The maximum Gasteiger partial charge on any atom is 0.0580 e. The van der Waals surface area contributed by atoms with Crippen molar-refractivity contribution in [2.24, 2.45) is 5.92 Å². The second-order valence-electron chi connectivity index (χ2n) is 6.57. The highest BCUT2D eigenvalue weighted by molar-refractivity contribution is 5.22. The molecule has 110 valence electrons. The molecule has 2 nitrogen and oxygen atoms in total. The fourth-order valence-corrected chi connectivity index (χ4v) is 4.03. The monoisotopic (exact) mass is 273 g/mol. The zero-order valence-electron chi connectivity index (χ0n) is 12.3. The molecule has 0 spiro atoms. The van der Waals surface area contributed by atoms with E-state index >= 15 is 0 Å². The molecule has 0 radical (unpaired) electrons. The van der Waals surface area contributed by atoms with Crippen molar-refractivity contribution in [2.45, 2.75) is 63.0 Å². The Labute approximate surface area is 122 Å². The number of hydrogen-bond donors (Lipinski definition) is 2.